The van der Waals surface area contributed by atoms with E-state index in [1.54, 1.807) is 26.2 Å². The van der Waals surface area contributed by atoms with Crippen molar-refractivity contribution in [1.82, 2.24) is 25.2 Å². The molecule has 3 heterocycles. The van der Waals surface area contributed by atoms with Crippen LogP contribution in [-0.2, 0) is 0 Å². The van der Waals surface area contributed by atoms with Crippen LogP contribution in [0.1, 0.15) is 48.7 Å². The minimum absolute atomic E-state index is 0.116. The smallest absolute Gasteiger partial charge is 0.258 e. The van der Waals surface area contributed by atoms with Crippen molar-refractivity contribution >= 4 is 50.5 Å². The number of nitrogens with one attached hydrogen (secondary N) is 2. The predicted octanol–water partition coefficient (Wildman–Crippen LogP) is 5.03. The molecule has 11 nitrogen and oxygen atoms in total. The van der Waals surface area contributed by atoms with Crippen LogP contribution < -0.4 is 10.6 Å². The zero-order valence-corrected chi connectivity index (χ0v) is 21.8. The lowest BCUT2D eigenvalue weighted by molar-refractivity contribution is 0.0824. The Morgan fingerprint density at radius 2 is 1.74 bits per heavy atom. The number of fused-ring (bicyclic) bond motifs is 1. The molecule has 1 atom stereocenters. The molecule has 0 saturated carbocycles. The molecule has 3 aromatic heterocycles. The second-order valence-electron chi connectivity index (χ2n) is 9.37. The van der Waals surface area contributed by atoms with E-state index < -0.39 is 0 Å². The molecule has 35 heavy (non-hydrogen) atoms. The van der Waals surface area contributed by atoms with E-state index in [-0.39, 0.29) is 51.5 Å². The van der Waals surface area contributed by atoms with E-state index in [1.165, 1.54) is 4.90 Å². The zero-order chi connectivity index (χ0) is 25.5. The molecular weight excluding hydrogens is 518 g/mol. The van der Waals surface area contributed by atoms with Crippen molar-refractivity contribution in [2.75, 3.05) is 24.7 Å². The van der Waals surface area contributed by atoms with Crippen molar-refractivity contribution < 1.29 is 18.9 Å². The summed E-state index contributed by atoms with van der Waals surface area (Å²) in [4.78, 5) is 23.0. The maximum Gasteiger partial charge on any atom is 0.258 e. The fraction of sp³-hybridized carbons (Fsp3) is 0.348. The molecule has 12 heteroatoms. The van der Waals surface area contributed by atoms with Gasteiger partial charge in [-0.05, 0) is 62.8 Å². The summed E-state index contributed by atoms with van der Waals surface area (Å²) < 4.78 is 11.2. The van der Waals surface area contributed by atoms with Gasteiger partial charge in [0.15, 0.2) is 17.4 Å². The highest BCUT2D eigenvalue weighted by atomic mass is 79.9. The van der Waals surface area contributed by atoms with Gasteiger partial charge in [-0.3, -0.25) is 4.79 Å². The lowest BCUT2D eigenvalue weighted by Gasteiger charge is -2.30. The van der Waals surface area contributed by atoms with Crippen LogP contribution in [0.15, 0.2) is 37.8 Å². The topological polar surface area (TPSA) is 142 Å². The molecular formula is C23H26BrN7O4. The summed E-state index contributed by atoms with van der Waals surface area (Å²) in [6, 6.07) is 6.81. The Labute approximate surface area is 210 Å². The number of benzene rings is 1. The van der Waals surface area contributed by atoms with Crippen LogP contribution in [0.25, 0.3) is 11.3 Å². The first-order valence-electron chi connectivity index (χ1n) is 10.8. The summed E-state index contributed by atoms with van der Waals surface area (Å²) in [5, 5.41) is 25.0. The number of amides is 1. The number of phenolic OH excluding ortho intramolecular Hbond substituents is 1. The van der Waals surface area contributed by atoms with Crippen molar-refractivity contribution in [1.29, 1.82) is 0 Å². The molecule has 4 rings (SSSR count). The number of halogens is 1. The van der Waals surface area contributed by atoms with Gasteiger partial charge in [0.25, 0.3) is 5.91 Å². The van der Waals surface area contributed by atoms with Crippen LogP contribution in [0, 0.1) is 12.3 Å². The van der Waals surface area contributed by atoms with Gasteiger partial charge in [0.1, 0.15) is 11.5 Å². The maximum atomic E-state index is 12.6. The molecule has 0 aliphatic rings. The van der Waals surface area contributed by atoms with Crippen molar-refractivity contribution in [2.24, 2.45) is 5.41 Å². The van der Waals surface area contributed by atoms with Gasteiger partial charge in [-0.2, -0.15) is 0 Å². The second kappa shape index (κ2) is 9.17. The lowest BCUT2D eigenvalue weighted by atomic mass is 9.85. The number of hydrogen-bond acceptors (Lipinski definition) is 10. The molecule has 0 radical (unpaired) electrons. The first kappa shape index (κ1) is 24.5. The molecule has 0 saturated heterocycles. The first-order chi connectivity index (χ1) is 16.5. The van der Waals surface area contributed by atoms with Crippen molar-refractivity contribution in [3.63, 3.8) is 0 Å². The predicted molar refractivity (Wildman–Crippen MR) is 134 cm³/mol. The minimum Gasteiger partial charge on any atom is -0.505 e. The van der Waals surface area contributed by atoms with Gasteiger partial charge in [-0.15, -0.1) is 0 Å². The third kappa shape index (κ3) is 4.92. The Kier molecular flexibility index (Phi) is 6.41. The number of anilines is 3. The van der Waals surface area contributed by atoms with Crippen molar-refractivity contribution in [3.05, 3.63) is 45.8 Å². The third-order valence-corrected chi connectivity index (χ3v) is 5.97. The Bertz CT molecular complexity index is 1390. The van der Waals surface area contributed by atoms with E-state index in [0.29, 0.717) is 10.3 Å². The summed E-state index contributed by atoms with van der Waals surface area (Å²) in [5.74, 6) is 1.51. The number of carbonyl (C=O) groups is 1. The van der Waals surface area contributed by atoms with Gasteiger partial charge in [-0.1, -0.05) is 20.8 Å². The number of rotatable bonds is 6. The van der Waals surface area contributed by atoms with Crippen LogP contribution in [-0.4, -0.2) is 50.3 Å². The quantitative estimate of drug-likeness (QED) is 0.283. The van der Waals surface area contributed by atoms with Crippen LogP contribution in [0.3, 0.4) is 0 Å². The fourth-order valence-corrected chi connectivity index (χ4v) is 4.00. The van der Waals surface area contributed by atoms with Crippen LogP contribution in [0.2, 0.25) is 0 Å². The molecule has 0 fully saturated rings. The van der Waals surface area contributed by atoms with Gasteiger partial charge < -0.3 is 25.1 Å². The molecule has 0 unspecified atom stereocenters. The summed E-state index contributed by atoms with van der Waals surface area (Å²) in [6.45, 7) is 8.09. The number of furan rings is 1. The standard InChI is InChI=1S/C23H26BrN7O4/c1-11-7-10-14(34-11)17(23(2,3)4)26-19-18(27-20-21(28-19)30-35-29-20)25-13-9-8-12(24)15(16(13)32)22(33)31(5)6/h7-10,17,32H,1-6H3,(H,25,27,29)(H,26,28,30)/t17-/m0/s1. The van der Waals surface area contributed by atoms with Crippen molar-refractivity contribution in [2.45, 2.75) is 33.7 Å². The van der Waals surface area contributed by atoms with Crippen LogP contribution in [0.5, 0.6) is 5.75 Å². The SMILES string of the molecule is Cc1ccc([C@H](Nc2nc3nonc3nc2Nc2ccc(Br)c(C(=O)N(C)C)c2O)C(C)(C)C)o1. The monoisotopic (exact) mass is 543 g/mol. The molecule has 0 aliphatic carbocycles. The summed E-state index contributed by atoms with van der Waals surface area (Å²) in [6.07, 6.45) is 0. The fourth-order valence-electron chi connectivity index (χ4n) is 3.51. The van der Waals surface area contributed by atoms with E-state index in [0.717, 1.165) is 11.5 Å². The summed E-state index contributed by atoms with van der Waals surface area (Å²) in [5.41, 5.74) is 0.494. The Morgan fingerprint density at radius 1 is 1.09 bits per heavy atom. The van der Waals surface area contributed by atoms with Gasteiger partial charge in [0, 0.05) is 18.6 Å². The van der Waals surface area contributed by atoms with E-state index in [9.17, 15) is 9.90 Å². The molecule has 0 aliphatic heterocycles. The number of carbonyl (C=O) groups excluding carboxylic acids is 1. The largest absolute Gasteiger partial charge is 0.505 e. The second-order valence-corrected chi connectivity index (χ2v) is 10.2. The highest BCUT2D eigenvalue weighted by Gasteiger charge is 2.31. The van der Waals surface area contributed by atoms with E-state index >= 15 is 0 Å². The summed E-state index contributed by atoms with van der Waals surface area (Å²) in [7, 11) is 3.21. The van der Waals surface area contributed by atoms with Crippen molar-refractivity contribution in [3.8, 4) is 5.75 Å². The highest BCUT2D eigenvalue weighted by Crippen LogP contribution is 2.40. The highest BCUT2D eigenvalue weighted by molar-refractivity contribution is 9.10. The van der Waals surface area contributed by atoms with Gasteiger partial charge in [0.2, 0.25) is 11.3 Å². The molecule has 0 spiro atoms. The molecule has 0 bridgehead atoms. The van der Waals surface area contributed by atoms with Gasteiger partial charge in [-0.25, -0.2) is 14.6 Å². The number of aryl methyl sites for hydroxylation is 1. The Morgan fingerprint density at radius 3 is 2.31 bits per heavy atom. The number of nitrogens with zero attached hydrogens (tertiary/aromatic N) is 5. The third-order valence-electron chi connectivity index (χ3n) is 5.31. The number of aromatic hydroxyl groups is 1. The Balaban J connectivity index is 1.79. The number of phenols is 1. The minimum atomic E-state index is -0.361. The number of aromatic nitrogens is 4. The van der Waals surface area contributed by atoms with Crippen LogP contribution >= 0.6 is 15.9 Å². The Hall–Kier alpha value is -3.67. The molecule has 4 aromatic rings. The average Bonchev–Trinajstić information content (AvgIpc) is 3.41. The number of hydrogen-bond donors (Lipinski definition) is 3. The molecule has 3 N–H and O–H groups in total. The molecule has 184 valence electrons. The first-order valence-corrected chi connectivity index (χ1v) is 11.6. The molecule has 1 aromatic carbocycles. The van der Waals surface area contributed by atoms with E-state index in [1.807, 2.05) is 19.1 Å². The van der Waals surface area contributed by atoms with E-state index in [2.05, 4.69) is 67.6 Å². The average molecular weight is 544 g/mol. The van der Waals surface area contributed by atoms with Gasteiger partial charge in [0.05, 0.1) is 17.3 Å². The van der Waals surface area contributed by atoms with Crippen LogP contribution in [0.4, 0.5) is 17.3 Å². The lowest BCUT2D eigenvalue weighted by Crippen LogP contribution is -2.26. The molecule has 1 amide bonds. The summed E-state index contributed by atoms with van der Waals surface area (Å²) >= 11 is 3.34. The van der Waals surface area contributed by atoms with E-state index in [4.69, 9.17) is 9.05 Å². The van der Waals surface area contributed by atoms with Gasteiger partial charge >= 0.3 is 0 Å². The normalized spacial score (nSPS) is 12.5. The maximum absolute atomic E-state index is 12.6. The zero-order valence-electron chi connectivity index (χ0n) is 20.2.